The fourth-order valence-electron chi connectivity index (χ4n) is 3.69. The van der Waals surface area contributed by atoms with E-state index in [0.717, 1.165) is 24.4 Å². The number of halogens is 1. The highest BCUT2D eigenvalue weighted by molar-refractivity contribution is 7.12. The zero-order valence-electron chi connectivity index (χ0n) is 15.1. The molecule has 0 radical (unpaired) electrons. The molecule has 0 aliphatic heterocycles. The van der Waals surface area contributed by atoms with Crippen LogP contribution in [0.1, 0.15) is 25.8 Å². The van der Waals surface area contributed by atoms with Gasteiger partial charge < -0.3 is 9.30 Å². The van der Waals surface area contributed by atoms with Crippen LogP contribution in [0.4, 0.5) is 4.39 Å². The third kappa shape index (κ3) is 2.57. The van der Waals surface area contributed by atoms with E-state index in [1.807, 2.05) is 29.7 Å². The molecule has 2 aromatic heterocycles. The molecule has 5 rings (SSSR count). The second-order valence-electron chi connectivity index (χ2n) is 6.95. The van der Waals surface area contributed by atoms with Crippen LogP contribution in [-0.2, 0) is 0 Å². The first-order valence-electron chi connectivity index (χ1n) is 9.20. The molecular formula is C21H17FN2O3S. The minimum atomic E-state index is -0.494. The number of benzene rings is 2. The van der Waals surface area contributed by atoms with Gasteiger partial charge >= 0.3 is 0 Å². The van der Waals surface area contributed by atoms with Crippen molar-refractivity contribution in [1.29, 1.82) is 0 Å². The highest BCUT2D eigenvalue weighted by Crippen LogP contribution is 2.41. The molecule has 0 atom stereocenters. The lowest BCUT2D eigenvalue weighted by Gasteiger charge is -2.14. The first-order valence-corrected chi connectivity index (χ1v) is 10.0. The Labute approximate surface area is 163 Å². The van der Waals surface area contributed by atoms with Crippen molar-refractivity contribution in [3.8, 4) is 16.9 Å². The Bertz CT molecular complexity index is 1350. The van der Waals surface area contributed by atoms with Crippen molar-refractivity contribution in [3.63, 3.8) is 0 Å². The van der Waals surface area contributed by atoms with Crippen LogP contribution in [0.5, 0.6) is 5.75 Å². The number of ether oxygens (including phenoxy) is 1. The summed E-state index contributed by atoms with van der Waals surface area (Å²) in [5.74, 6) is 0.171. The molecule has 1 aliphatic carbocycles. The van der Waals surface area contributed by atoms with E-state index in [0.29, 0.717) is 33.8 Å². The number of pyridine rings is 1. The highest BCUT2D eigenvalue weighted by atomic mass is 32.1. The van der Waals surface area contributed by atoms with E-state index in [9.17, 15) is 9.59 Å². The van der Waals surface area contributed by atoms with Crippen LogP contribution in [-0.4, -0.2) is 15.5 Å². The molecule has 1 N–H and O–H groups in total. The van der Waals surface area contributed by atoms with Crippen LogP contribution in [0.25, 0.3) is 32.2 Å². The van der Waals surface area contributed by atoms with E-state index in [4.69, 9.17) is 4.74 Å². The molecular weight excluding hydrogens is 379 g/mol. The minimum absolute atomic E-state index is 0.120. The lowest BCUT2D eigenvalue weighted by molar-refractivity contribution is 0.340. The second kappa shape index (κ2) is 6.31. The molecule has 5 nitrogen and oxygen atoms in total. The molecule has 0 spiro atoms. The van der Waals surface area contributed by atoms with E-state index in [-0.39, 0.29) is 16.8 Å². The Hall–Kier alpha value is -2.93. The maximum atomic E-state index is 15.0. The molecule has 2 heterocycles. The maximum Gasteiger partial charge on any atom is 0.271 e. The fourth-order valence-corrected chi connectivity index (χ4v) is 4.61. The van der Waals surface area contributed by atoms with Crippen LogP contribution in [0, 0.1) is 5.82 Å². The third-order valence-corrected chi connectivity index (χ3v) is 5.97. The predicted octanol–water partition coefficient (Wildman–Crippen LogP) is 4.44. The van der Waals surface area contributed by atoms with Gasteiger partial charge in [-0.15, -0.1) is 0 Å². The molecule has 1 fully saturated rings. The van der Waals surface area contributed by atoms with Crippen LogP contribution >= 0.6 is 11.5 Å². The lowest BCUT2D eigenvalue weighted by atomic mass is 10.0. The van der Waals surface area contributed by atoms with E-state index in [1.54, 1.807) is 12.1 Å². The van der Waals surface area contributed by atoms with Crippen LogP contribution in [0.2, 0.25) is 0 Å². The Kier molecular flexibility index (Phi) is 3.87. The first kappa shape index (κ1) is 17.2. The van der Waals surface area contributed by atoms with Crippen molar-refractivity contribution in [3.05, 3.63) is 62.8 Å². The first-order chi connectivity index (χ1) is 13.6. The fraction of sp³-hybridized carbons (Fsp3) is 0.238. The summed E-state index contributed by atoms with van der Waals surface area (Å²) in [6.45, 7) is 2.42. The molecule has 1 aliphatic rings. The summed E-state index contributed by atoms with van der Waals surface area (Å²) < 4.78 is 25.2. The summed E-state index contributed by atoms with van der Waals surface area (Å²) in [6, 6.07) is 10.5. The Morgan fingerprint density at radius 2 is 2.07 bits per heavy atom. The molecule has 28 heavy (non-hydrogen) atoms. The van der Waals surface area contributed by atoms with Crippen LogP contribution < -0.4 is 15.7 Å². The standard InChI is InChI=1S/C21H17FN2O3S/c1-2-27-13-5-3-4-11(8-13)14-10-17-15(9-16(14)22)19(25)18-20(26)23-28-21(18)24(17)12-6-7-12/h3-5,8-10,12H,2,6-7H2,1H3,(H,23,26). The molecule has 0 unspecified atom stereocenters. The quantitative estimate of drug-likeness (QED) is 0.555. The zero-order valence-corrected chi connectivity index (χ0v) is 15.9. The summed E-state index contributed by atoms with van der Waals surface area (Å²) in [5.41, 5.74) is 0.925. The Morgan fingerprint density at radius 1 is 1.25 bits per heavy atom. The van der Waals surface area contributed by atoms with Gasteiger partial charge in [-0.05, 0) is 61.1 Å². The molecule has 0 saturated heterocycles. The number of hydrogen-bond acceptors (Lipinski definition) is 4. The van der Waals surface area contributed by atoms with Gasteiger partial charge in [0, 0.05) is 17.0 Å². The number of aromatic nitrogens is 2. The highest BCUT2D eigenvalue weighted by Gasteiger charge is 2.29. The van der Waals surface area contributed by atoms with Gasteiger partial charge in [-0.1, -0.05) is 12.1 Å². The Balaban J connectivity index is 1.84. The van der Waals surface area contributed by atoms with Gasteiger partial charge in [0.2, 0.25) is 5.43 Å². The number of fused-ring (bicyclic) bond motifs is 2. The number of aromatic amines is 1. The van der Waals surface area contributed by atoms with E-state index in [2.05, 4.69) is 4.37 Å². The van der Waals surface area contributed by atoms with Crippen LogP contribution in [0.15, 0.2) is 46.0 Å². The summed E-state index contributed by atoms with van der Waals surface area (Å²) in [7, 11) is 0. The van der Waals surface area contributed by atoms with Gasteiger partial charge in [0.15, 0.2) is 0 Å². The van der Waals surface area contributed by atoms with Crippen molar-refractivity contribution < 1.29 is 9.13 Å². The molecule has 142 valence electrons. The van der Waals surface area contributed by atoms with Gasteiger partial charge in [0.1, 0.15) is 21.8 Å². The number of nitrogens with zero attached hydrogens (tertiary/aromatic N) is 1. The summed E-state index contributed by atoms with van der Waals surface area (Å²) in [6.07, 6.45) is 1.96. The topological polar surface area (TPSA) is 64.1 Å². The minimum Gasteiger partial charge on any atom is -0.494 e. The van der Waals surface area contributed by atoms with E-state index >= 15 is 4.39 Å². The number of hydrogen-bond donors (Lipinski definition) is 1. The maximum absolute atomic E-state index is 15.0. The summed E-state index contributed by atoms with van der Waals surface area (Å²) in [5, 5.41) is 0.361. The van der Waals surface area contributed by atoms with Gasteiger partial charge in [0.05, 0.1) is 12.1 Å². The van der Waals surface area contributed by atoms with Gasteiger partial charge in [-0.3, -0.25) is 14.0 Å². The van der Waals surface area contributed by atoms with Crippen LogP contribution in [0.3, 0.4) is 0 Å². The van der Waals surface area contributed by atoms with Gasteiger partial charge in [0.25, 0.3) is 5.56 Å². The Morgan fingerprint density at radius 3 is 2.82 bits per heavy atom. The average molecular weight is 396 g/mol. The molecule has 4 aromatic rings. The zero-order chi connectivity index (χ0) is 19.4. The van der Waals surface area contributed by atoms with Crippen molar-refractivity contribution in [2.45, 2.75) is 25.8 Å². The number of H-pyrrole nitrogens is 1. The smallest absolute Gasteiger partial charge is 0.271 e. The van der Waals surface area contributed by atoms with E-state index in [1.165, 1.54) is 6.07 Å². The van der Waals surface area contributed by atoms with E-state index < -0.39 is 16.8 Å². The largest absolute Gasteiger partial charge is 0.494 e. The molecule has 0 amide bonds. The molecule has 1 saturated carbocycles. The second-order valence-corrected chi connectivity index (χ2v) is 7.75. The third-order valence-electron chi connectivity index (χ3n) is 5.08. The van der Waals surface area contributed by atoms with Crippen molar-refractivity contribution in [1.82, 2.24) is 8.94 Å². The van der Waals surface area contributed by atoms with Gasteiger partial charge in [-0.2, -0.15) is 0 Å². The predicted molar refractivity (Wildman–Crippen MR) is 109 cm³/mol. The summed E-state index contributed by atoms with van der Waals surface area (Å²) in [4.78, 5) is 25.7. The van der Waals surface area contributed by atoms with Gasteiger partial charge in [-0.25, -0.2) is 4.39 Å². The SMILES string of the molecule is CCOc1cccc(-c2cc3c(cc2F)c(=O)c2c(=O)[nH]sc2n3C2CC2)c1. The number of nitrogens with one attached hydrogen (secondary N) is 1. The summed E-state index contributed by atoms with van der Waals surface area (Å²) >= 11 is 1.16. The molecule has 7 heteroatoms. The normalized spacial score (nSPS) is 14.1. The molecule has 2 aromatic carbocycles. The molecule has 0 bridgehead atoms. The average Bonchev–Trinajstić information content (AvgIpc) is 3.45. The van der Waals surface area contributed by atoms with Crippen molar-refractivity contribution in [2.24, 2.45) is 0 Å². The van der Waals surface area contributed by atoms with Crippen molar-refractivity contribution >= 4 is 32.7 Å². The number of rotatable bonds is 4. The monoisotopic (exact) mass is 396 g/mol. The lowest BCUT2D eigenvalue weighted by Crippen LogP contribution is -2.15. The van der Waals surface area contributed by atoms with Crippen molar-refractivity contribution in [2.75, 3.05) is 6.61 Å².